The summed E-state index contributed by atoms with van der Waals surface area (Å²) in [6.45, 7) is 4.90. The van der Waals surface area contributed by atoms with Crippen LogP contribution >= 0.6 is 0 Å². The van der Waals surface area contributed by atoms with Crippen molar-refractivity contribution < 1.29 is 22.8 Å². The van der Waals surface area contributed by atoms with Crippen LogP contribution in [0.25, 0.3) is 0 Å². The van der Waals surface area contributed by atoms with Gasteiger partial charge in [0.15, 0.2) is 0 Å². The second kappa shape index (κ2) is 11.7. The van der Waals surface area contributed by atoms with Crippen LogP contribution in [0.5, 0.6) is 0 Å². The molecular formula is C29H37F3N6O2. The van der Waals surface area contributed by atoms with Gasteiger partial charge in [-0.2, -0.15) is 18.2 Å². The van der Waals surface area contributed by atoms with E-state index in [-0.39, 0.29) is 47.3 Å². The summed E-state index contributed by atoms with van der Waals surface area (Å²) in [5, 5.41) is 6.05. The lowest BCUT2D eigenvalue weighted by Gasteiger charge is -2.36. The highest BCUT2D eigenvalue weighted by Crippen LogP contribution is 2.41. The normalized spacial score (nSPS) is 23.0. The first-order valence-electron chi connectivity index (χ1n) is 14.2. The zero-order chi connectivity index (χ0) is 28.4. The maximum atomic E-state index is 13.9. The second-order valence-electron chi connectivity index (χ2n) is 11.4. The summed E-state index contributed by atoms with van der Waals surface area (Å²) >= 11 is 0. The monoisotopic (exact) mass is 558 g/mol. The zero-order valence-electron chi connectivity index (χ0n) is 23.0. The van der Waals surface area contributed by atoms with Crippen molar-refractivity contribution in [2.45, 2.75) is 57.7 Å². The van der Waals surface area contributed by atoms with Gasteiger partial charge in [0.1, 0.15) is 17.2 Å². The highest BCUT2D eigenvalue weighted by molar-refractivity contribution is 5.94. The highest BCUT2D eigenvalue weighted by atomic mass is 19.4. The van der Waals surface area contributed by atoms with Crippen molar-refractivity contribution in [2.75, 3.05) is 43.9 Å². The van der Waals surface area contributed by atoms with Crippen LogP contribution in [-0.2, 0) is 11.0 Å². The van der Waals surface area contributed by atoms with Crippen molar-refractivity contribution in [1.82, 2.24) is 19.8 Å². The van der Waals surface area contributed by atoms with Gasteiger partial charge in [0.25, 0.3) is 5.91 Å². The molecule has 11 heteroatoms. The number of carbonyl (C=O) groups is 2. The summed E-state index contributed by atoms with van der Waals surface area (Å²) in [4.78, 5) is 37.8. The molecule has 3 atom stereocenters. The molecule has 0 spiro atoms. The molecule has 216 valence electrons. The van der Waals surface area contributed by atoms with Crippen LogP contribution in [-0.4, -0.2) is 70.7 Å². The van der Waals surface area contributed by atoms with E-state index in [1.807, 2.05) is 18.9 Å². The lowest BCUT2D eigenvalue weighted by atomic mass is 9.74. The SMILES string of the molecule is C[C@@H](C(=O)C1CC1)[C@H]1CCCCC1Nc1nc(Nc2ccc(C(=O)N3CCN(C)CC3)cc2)ncc1C(F)(F)F. The number of halogens is 3. The molecule has 0 radical (unpaired) electrons. The maximum Gasteiger partial charge on any atom is 0.421 e. The van der Waals surface area contributed by atoms with Crippen molar-refractivity contribution in [3.05, 3.63) is 41.6 Å². The van der Waals surface area contributed by atoms with Gasteiger partial charge in [0.2, 0.25) is 5.95 Å². The first kappa shape index (κ1) is 28.3. The smallest absolute Gasteiger partial charge is 0.366 e. The maximum absolute atomic E-state index is 13.9. The number of rotatable bonds is 8. The Morgan fingerprint density at radius 1 is 1.00 bits per heavy atom. The number of hydrogen-bond acceptors (Lipinski definition) is 7. The van der Waals surface area contributed by atoms with Gasteiger partial charge in [0, 0.05) is 61.5 Å². The number of piperazine rings is 1. The fourth-order valence-electron chi connectivity index (χ4n) is 5.84. The van der Waals surface area contributed by atoms with E-state index in [2.05, 4.69) is 25.5 Å². The van der Waals surface area contributed by atoms with Gasteiger partial charge in [-0.1, -0.05) is 19.8 Å². The predicted molar refractivity (Wildman–Crippen MR) is 146 cm³/mol. The van der Waals surface area contributed by atoms with E-state index < -0.39 is 11.7 Å². The first-order chi connectivity index (χ1) is 19.1. The number of ketones is 1. The molecule has 3 fully saturated rings. The van der Waals surface area contributed by atoms with Gasteiger partial charge < -0.3 is 20.4 Å². The van der Waals surface area contributed by atoms with E-state index >= 15 is 0 Å². The van der Waals surface area contributed by atoms with E-state index in [4.69, 9.17) is 0 Å². The average Bonchev–Trinajstić information content (AvgIpc) is 3.78. The summed E-state index contributed by atoms with van der Waals surface area (Å²) in [5.41, 5.74) is 0.167. The Hall–Kier alpha value is -3.21. The molecule has 0 bridgehead atoms. The third-order valence-corrected chi connectivity index (χ3v) is 8.48. The molecule has 2 aliphatic carbocycles. The van der Waals surface area contributed by atoms with Crippen LogP contribution in [0.15, 0.2) is 30.5 Å². The summed E-state index contributed by atoms with van der Waals surface area (Å²) in [6.07, 6.45) is 1.31. The summed E-state index contributed by atoms with van der Waals surface area (Å²) in [7, 11) is 2.02. The Bertz CT molecular complexity index is 1210. The number of hydrogen-bond donors (Lipinski definition) is 2. The summed E-state index contributed by atoms with van der Waals surface area (Å²) in [5.74, 6) is -0.215. The number of anilines is 3. The van der Waals surface area contributed by atoms with Crippen LogP contribution in [0.4, 0.5) is 30.6 Å². The van der Waals surface area contributed by atoms with Gasteiger partial charge in [-0.3, -0.25) is 9.59 Å². The first-order valence-corrected chi connectivity index (χ1v) is 14.2. The molecule has 5 rings (SSSR count). The summed E-state index contributed by atoms with van der Waals surface area (Å²) in [6, 6.07) is 6.49. The van der Waals surface area contributed by atoms with Crippen molar-refractivity contribution in [3.8, 4) is 0 Å². The Balaban J connectivity index is 1.31. The van der Waals surface area contributed by atoms with E-state index in [9.17, 15) is 22.8 Å². The van der Waals surface area contributed by atoms with Crippen molar-refractivity contribution in [2.24, 2.45) is 17.8 Å². The van der Waals surface area contributed by atoms with E-state index in [0.717, 1.165) is 51.4 Å². The Kier molecular flexibility index (Phi) is 8.30. The molecule has 1 aromatic carbocycles. The molecule has 3 aliphatic rings. The number of nitrogens with zero attached hydrogens (tertiary/aromatic N) is 4. The van der Waals surface area contributed by atoms with Crippen LogP contribution < -0.4 is 10.6 Å². The molecule has 1 aliphatic heterocycles. The molecular weight excluding hydrogens is 521 g/mol. The largest absolute Gasteiger partial charge is 0.421 e. The Morgan fingerprint density at radius 2 is 1.68 bits per heavy atom. The molecule has 2 saturated carbocycles. The molecule has 2 heterocycles. The summed E-state index contributed by atoms with van der Waals surface area (Å²) < 4.78 is 41.8. The third kappa shape index (κ3) is 6.56. The van der Waals surface area contributed by atoms with E-state index in [1.54, 1.807) is 24.3 Å². The molecule has 2 N–H and O–H groups in total. The lowest BCUT2D eigenvalue weighted by molar-refractivity contribution is -0.137. The van der Waals surface area contributed by atoms with Gasteiger partial charge in [0.05, 0.1) is 0 Å². The highest BCUT2D eigenvalue weighted by Gasteiger charge is 2.41. The molecule has 1 saturated heterocycles. The topological polar surface area (TPSA) is 90.5 Å². The van der Waals surface area contributed by atoms with Crippen LogP contribution in [0.3, 0.4) is 0 Å². The lowest BCUT2D eigenvalue weighted by Crippen LogP contribution is -2.47. The van der Waals surface area contributed by atoms with E-state index in [0.29, 0.717) is 30.8 Å². The van der Waals surface area contributed by atoms with Crippen LogP contribution in [0.2, 0.25) is 0 Å². The second-order valence-corrected chi connectivity index (χ2v) is 11.4. The molecule has 2 aromatic rings. The van der Waals surface area contributed by atoms with E-state index in [1.165, 1.54) is 0 Å². The molecule has 1 unspecified atom stereocenters. The van der Waals surface area contributed by atoms with Gasteiger partial charge in [-0.25, -0.2) is 4.98 Å². The van der Waals surface area contributed by atoms with Crippen molar-refractivity contribution in [3.63, 3.8) is 0 Å². The zero-order valence-corrected chi connectivity index (χ0v) is 23.0. The number of benzene rings is 1. The minimum absolute atomic E-state index is 0.0168. The molecule has 1 amide bonds. The number of nitrogens with one attached hydrogen (secondary N) is 2. The van der Waals surface area contributed by atoms with Gasteiger partial charge in [-0.05, 0) is 62.9 Å². The number of alkyl halides is 3. The average molecular weight is 559 g/mol. The molecule has 1 aromatic heterocycles. The number of Topliss-reactive ketones (excluding diaryl/α,β-unsaturated/α-hetero) is 1. The predicted octanol–water partition coefficient (Wildman–Crippen LogP) is 5.21. The Labute approximate surface area is 232 Å². The number of carbonyl (C=O) groups excluding carboxylic acids is 2. The number of amides is 1. The fourth-order valence-corrected chi connectivity index (χ4v) is 5.84. The third-order valence-electron chi connectivity index (χ3n) is 8.48. The van der Waals surface area contributed by atoms with Crippen molar-refractivity contribution >= 4 is 29.1 Å². The van der Waals surface area contributed by atoms with Crippen molar-refractivity contribution in [1.29, 1.82) is 0 Å². The quantitative estimate of drug-likeness (QED) is 0.460. The fraction of sp³-hybridized carbons (Fsp3) is 0.586. The van der Waals surface area contributed by atoms with Crippen LogP contribution in [0.1, 0.15) is 61.4 Å². The standard InChI is InChI=1S/C29H37F3N6O2/c1-18(25(39)19-7-8-19)22-5-3-4-6-24(22)35-26-23(29(30,31)32)17-33-28(36-26)34-21-11-9-20(10-12-21)27(40)38-15-13-37(2)14-16-38/h9-12,17-19,22,24H,3-8,13-16H2,1-2H3,(H2,33,34,35,36)/t18-,22-,24?/m1/s1. The minimum atomic E-state index is -4.63. The minimum Gasteiger partial charge on any atom is -0.366 e. The van der Waals surface area contributed by atoms with Gasteiger partial charge in [-0.15, -0.1) is 0 Å². The number of likely N-dealkylation sites (N-methyl/N-ethyl adjacent to an activating group) is 1. The number of aromatic nitrogens is 2. The Morgan fingerprint density at radius 3 is 2.33 bits per heavy atom. The molecule has 40 heavy (non-hydrogen) atoms. The van der Waals surface area contributed by atoms with Gasteiger partial charge >= 0.3 is 6.18 Å². The van der Waals surface area contributed by atoms with Crippen LogP contribution in [0, 0.1) is 17.8 Å². The molecule has 8 nitrogen and oxygen atoms in total.